The zero-order valence-electron chi connectivity index (χ0n) is 29.2. The van der Waals surface area contributed by atoms with Crippen LogP contribution in [0.15, 0.2) is 24.3 Å². The summed E-state index contributed by atoms with van der Waals surface area (Å²) in [5.74, 6) is 0.470. The van der Waals surface area contributed by atoms with Crippen molar-refractivity contribution in [1.82, 2.24) is 24.5 Å². The van der Waals surface area contributed by atoms with Crippen LogP contribution in [0.25, 0.3) is 0 Å². The number of likely N-dealkylation sites (N-methyl/N-ethyl adjacent to an activating group) is 1. The van der Waals surface area contributed by atoms with E-state index in [-0.39, 0.29) is 47.2 Å². The Balaban J connectivity index is 1.32. The lowest BCUT2D eigenvalue weighted by Crippen LogP contribution is -2.54. The van der Waals surface area contributed by atoms with Gasteiger partial charge in [-0.15, -0.1) is 0 Å². The number of benzene rings is 1. The van der Waals surface area contributed by atoms with Crippen LogP contribution in [-0.4, -0.2) is 131 Å². The molecule has 1 aliphatic carbocycles. The molecule has 1 aromatic carbocycles. The van der Waals surface area contributed by atoms with Crippen LogP contribution in [-0.2, 0) is 19.1 Å². The summed E-state index contributed by atoms with van der Waals surface area (Å²) in [7, 11) is 2.08. The van der Waals surface area contributed by atoms with Crippen molar-refractivity contribution in [2.75, 3.05) is 59.5 Å². The van der Waals surface area contributed by atoms with E-state index < -0.39 is 12.1 Å². The fourth-order valence-corrected chi connectivity index (χ4v) is 8.84. The maximum atomic E-state index is 15.0. The molecule has 3 amide bonds. The number of rotatable bonds is 6. The maximum absolute atomic E-state index is 15.0. The van der Waals surface area contributed by atoms with Gasteiger partial charge in [-0.25, -0.2) is 0 Å². The van der Waals surface area contributed by atoms with Crippen molar-refractivity contribution in [3.05, 3.63) is 34.9 Å². The van der Waals surface area contributed by atoms with Gasteiger partial charge in [-0.2, -0.15) is 0 Å². The van der Waals surface area contributed by atoms with E-state index in [1.807, 2.05) is 34.1 Å². The molecule has 0 unspecified atom stereocenters. The first-order chi connectivity index (χ1) is 22.4. The minimum atomic E-state index is -0.576. The number of ether oxygens (including phenoxy) is 1. The highest BCUT2D eigenvalue weighted by atomic mass is 35.5. The fourth-order valence-electron chi connectivity index (χ4n) is 8.71. The number of carbonyl (C=O) groups is 3. The van der Waals surface area contributed by atoms with E-state index in [0.29, 0.717) is 50.1 Å². The van der Waals surface area contributed by atoms with Crippen LogP contribution in [0.3, 0.4) is 0 Å². The van der Waals surface area contributed by atoms with Crippen molar-refractivity contribution in [3.8, 4) is 0 Å². The molecule has 10 heteroatoms. The largest absolute Gasteiger partial charge is 0.368 e. The monoisotopic (exact) mass is 669 g/mol. The molecule has 1 saturated carbocycles. The summed E-state index contributed by atoms with van der Waals surface area (Å²) < 4.78 is 5.95. The Labute approximate surface area is 286 Å². The lowest BCUT2D eigenvalue weighted by molar-refractivity contribution is -0.148. The predicted molar refractivity (Wildman–Crippen MR) is 184 cm³/mol. The van der Waals surface area contributed by atoms with Gasteiger partial charge in [0.1, 0.15) is 12.1 Å². The Kier molecular flexibility index (Phi) is 10.6. The summed E-state index contributed by atoms with van der Waals surface area (Å²) in [6.45, 7) is 14.3. The van der Waals surface area contributed by atoms with E-state index in [1.165, 1.54) is 0 Å². The highest BCUT2D eigenvalue weighted by molar-refractivity contribution is 6.30. The third kappa shape index (κ3) is 7.53. The molecule has 9 nitrogen and oxygen atoms in total. The molecule has 0 N–H and O–H groups in total. The standard InChI is InChI=1S/C37H56ClN5O4/c1-25-8-14-28(15-9-25)43(36(46)33-7-6-20-47-33)29-21-32(35(45)40-18-16-39(5)17-19-40)42(22-29)34(44)31-24-41(37(2,3)4)23-30(31)26-10-12-27(38)13-11-26/h10-13,25,28-33H,6-9,14-24H2,1-5H3/t25?,28?,29-,30-,31+,32-,33+/m0/s1. The number of likely N-dealkylation sites (tertiary alicyclic amines) is 2. The first-order valence-electron chi connectivity index (χ1n) is 18.1. The fraction of sp³-hybridized carbons (Fsp3) is 0.757. The molecule has 6 rings (SSSR count). The lowest BCUT2D eigenvalue weighted by atomic mass is 9.85. The van der Waals surface area contributed by atoms with E-state index in [9.17, 15) is 9.59 Å². The molecule has 0 spiro atoms. The average molecular weight is 670 g/mol. The van der Waals surface area contributed by atoms with Gasteiger partial charge in [0.05, 0.1) is 12.0 Å². The Morgan fingerprint density at radius 1 is 0.872 bits per heavy atom. The normalized spacial score (nSPS) is 32.6. The van der Waals surface area contributed by atoms with Crippen LogP contribution in [0, 0.1) is 11.8 Å². The molecule has 4 heterocycles. The van der Waals surface area contributed by atoms with Gasteiger partial charge >= 0.3 is 0 Å². The van der Waals surface area contributed by atoms with Gasteiger partial charge in [-0.3, -0.25) is 19.3 Å². The first kappa shape index (κ1) is 34.7. The van der Waals surface area contributed by atoms with Crippen LogP contribution in [0.4, 0.5) is 0 Å². The van der Waals surface area contributed by atoms with Crippen LogP contribution in [0.5, 0.6) is 0 Å². The topological polar surface area (TPSA) is 76.6 Å². The van der Waals surface area contributed by atoms with Gasteiger partial charge in [0, 0.05) is 74.9 Å². The second-order valence-electron chi connectivity index (χ2n) is 16.0. The Morgan fingerprint density at radius 2 is 1.55 bits per heavy atom. The Hall–Kier alpha value is -2.20. The van der Waals surface area contributed by atoms with Gasteiger partial charge in [0.25, 0.3) is 5.91 Å². The zero-order chi connectivity index (χ0) is 33.5. The van der Waals surface area contributed by atoms with E-state index in [2.05, 4.69) is 49.4 Å². The Bertz CT molecular complexity index is 1260. The summed E-state index contributed by atoms with van der Waals surface area (Å²) in [6, 6.07) is 7.24. The number of hydrogen-bond acceptors (Lipinski definition) is 6. The molecule has 260 valence electrons. The minimum absolute atomic E-state index is 0.0121. The van der Waals surface area contributed by atoms with E-state index >= 15 is 4.79 Å². The second kappa shape index (κ2) is 14.3. The van der Waals surface area contributed by atoms with Gasteiger partial charge in [0.2, 0.25) is 11.8 Å². The second-order valence-corrected chi connectivity index (χ2v) is 16.5. The summed E-state index contributed by atoms with van der Waals surface area (Å²) >= 11 is 6.28. The predicted octanol–water partition coefficient (Wildman–Crippen LogP) is 4.48. The molecule has 0 aromatic heterocycles. The first-order valence-corrected chi connectivity index (χ1v) is 18.5. The minimum Gasteiger partial charge on any atom is -0.368 e. The highest BCUT2D eigenvalue weighted by Crippen LogP contribution is 2.40. The van der Waals surface area contributed by atoms with Crippen molar-refractivity contribution in [1.29, 1.82) is 0 Å². The number of carbonyl (C=O) groups excluding carboxylic acids is 3. The van der Waals surface area contributed by atoms with Gasteiger partial charge in [0.15, 0.2) is 0 Å². The number of hydrogen-bond donors (Lipinski definition) is 0. The number of halogens is 1. The highest BCUT2D eigenvalue weighted by Gasteiger charge is 2.51. The van der Waals surface area contributed by atoms with Gasteiger partial charge in [-0.05, 0) is 96.4 Å². The molecular formula is C37H56ClN5O4. The molecule has 4 saturated heterocycles. The van der Waals surface area contributed by atoms with E-state index in [1.54, 1.807) is 0 Å². The van der Waals surface area contributed by atoms with E-state index in [0.717, 1.165) is 63.7 Å². The molecule has 5 atom stereocenters. The molecule has 1 aromatic rings. The number of piperazine rings is 1. The van der Waals surface area contributed by atoms with Crippen molar-refractivity contribution >= 4 is 29.3 Å². The summed E-state index contributed by atoms with van der Waals surface area (Å²) in [5, 5.41) is 0.677. The third-order valence-electron chi connectivity index (χ3n) is 11.8. The van der Waals surface area contributed by atoms with Crippen molar-refractivity contribution in [3.63, 3.8) is 0 Å². The van der Waals surface area contributed by atoms with Gasteiger partial charge in [-0.1, -0.05) is 30.7 Å². The summed E-state index contributed by atoms with van der Waals surface area (Å²) in [5.41, 5.74) is 0.994. The molecule has 5 fully saturated rings. The zero-order valence-corrected chi connectivity index (χ0v) is 30.0. The van der Waals surface area contributed by atoms with Crippen LogP contribution in [0.1, 0.15) is 84.1 Å². The van der Waals surface area contributed by atoms with E-state index in [4.69, 9.17) is 16.3 Å². The molecule has 0 radical (unpaired) electrons. The average Bonchev–Trinajstić information content (AvgIpc) is 3.83. The quantitative estimate of drug-likeness (QED) is 0.445. The lowest BCUT2D eigenvalue weighted by Gasteiger charge is -2.41. The molecule has 5 aliphatic rings. The van der Waals surface area contributed by atoms with Crippen molar-refractivity contribution in [2.45, 2.75) is 108 Å². The maximum Gasteiger partial charge on any atom is 0.252 e. The summed E-state index contributed by atoms with van der Waals surface area (Å²) in [6.07, 6.45) is 5.80. The molecule has 0 bridgehead atoms. The molecule has 4 aliphatic heterocycles. The van der Waals surface area contributed by atoms with Crippen LogP contribution < -0.4 is 0 Å². The molecule has 47 heavy (non-hydrogen) atoms. The van der Waals surface area contributed by atoms with Gasteiger partial charge < -0.3 is 24.3 Å². The Morgan fingerprint density at radius 3 is 2.17 bits per heavy atom. The van der Waals surface area contributed by atoms with Crippen LogP contribution >= 0.6 is 11.6 Å². The van der Waals surface area contributed by atoms with Crippen molar-refractivity contribution in [2.24, 2.45) is 11.8 Å². The third-order valence-corrected chi connectivity index (χ3v) is 12.0. The summed E-state index contributed by atoms with van der Waals surface area (Å²) in [4.78, 5) is 54.3. The smallest absolute Gasteiger partial charge is 0.252 e. The van der Waals surface area contributed by atoms with Crippen LogP contribution in [0.2, 0.25) is 5.02 Å². The number of amides is 3. The SMILES string of the molecule is CC1CCC(N(C(=O)[C@H]2CCCO2)[C@H]2C[C@@H](C(=O)N3CCN(C)CC3)N(C(=O)[C@@H]3CN(C(C)(C)C)C[C@H]3c3ccc(Cl)cc3)C2)CC1. The van der Waals surface area contributed by atoms with Crippen molar-refractivity contribution < 1.29 is 19.1 Å². The number of nitrogens with zero attached hydrogens (tertiary/aromatic N) is 5. The molecular weight excluding hydrogens is 614 g/mol.